The van der Waals surface area contributed by atoms with Gasteiger partial charge in [0.1, 0.15) is 0 Å². The van der Waals surface area contributed by atoms with Crippen LogP contribution in [0.2, 0.25) is 0 Å². The maximum Gasteiger partial charge on any atom is 0.246 e. The maximum absolute atomic E-state index is 11.7. The molecule has 0 heterocycles. The molecular formula is C12H23NO. The molecule has 0 rings (SSSR count). The summed E-state index contributed by atoms with van der Waals surface area (Å²) < 4.78 is 0. The molecule has 0 saturated heterocycles. The molecule has 0 radical (unpaired) electrons. The van der Waals surface area contributed by atoms with Crippen molar-refractivity contribution in [1.29, 1.82) is 0 Å². The molecule has 0 aliphatic rings. The first-order valence-corrected chi connectivity index (χ1v) is 5.34. The van der Waals surface area contributed by atoms with Crippen molar-refractivity contribution in [3.05, 3.63) is 11.6 Å². The van der Waals surface area contributed by atoms with Crippen LogP contribution >= 0.6 is 0 Å². The minimum absolute atomic E-state index is 0.116. The Hall–Kier alpha value is -0.790. The fraction of sp³-hybridized carbons (Fsp3) is 0.750. The maximum atomic E-state index is 11.7. The number of rotatable bonds is 4. The Morgan fingerprint density at radius 3 is 2.21 bits per heavy atom. The van der Waals surface area contributed by atoms with Crippen LogP contribution < -0.4 is 0 Å². The van der Waals surface area contributed by atoms with Crippen molar-refractivity contribution in [3.8, 4) is 0 Å². The van der Waals surface area contributed by atoms with E-state index in [0.29, 0.717) is 12.0 Å². The lowest BCUT2D eigenvalue weighted by Crippen LogP contribution is -2.37. The van der Waals surface area contributed by atoms with Gasteiger partial charge in [-0.2, -0.15) is 0 Å². The van der Waals surface area contributed by atoms with Crippen LogP contribution in [-0.4, -0.2) is 23.9 Å². The third-order valence-electron chi connectivity index (χ3n) is 2.85. The van der Waals surface area contributed by atoms with Crippen LogP contribution in [0.25, 0.3) is 0 Å². The number of likely N-dealkylation sites (N-methyl/N-ethyl adjacent to an activating group) is 1. The molecular weight excluding hydrogens is 174 g/mol. The first-order valence-electron chi connectivity index (χ1n) is 5.34. The summed E-state index contributed by atoms with van der Waals surface area (Å²) in [6.07, 6.45) is 2.68. The number of nitrogens with zero attached hydrogens (tertiary/aromatic N) is 1. The van der Waals surface area contributed by atoms with E-state index in [1.165, 1.54) is 0 Å². The molecule has 82 valence electrons. The van der Waals surface area contributed by atoms with Crippen molar-refractivity contribution in [2.75, 3.05) is 7.05 Å². The van der Waals surface area contributed by atoms with Crippen LogP contribution in [0.5, 0.6) is 0 Å². The molecule has 0 fully saturated rings. The highest BCUT2D eigenvalue weighted by Gasteiger charge is 2.16. The van der Waals surface area contributed by atoms with Gasteiger partial charge in [0, 0.05) is 19.2 Å². The molecule has 0 aromatic rings. The summed E-state index contributed by atoms with van der Waals surface area (Å²) in [4.78, 5) is 13.5. The Morgan fingerprint density at radius 1 is 1.36 bits per heavy atom. The summed E-state index contributed by atoms with van der Waals surface area (Å²) in [5.74, 6) is 0.616. The third-order valence-corrected chi connectivity index (χ3v) is 2.85. The van der Waals surface area contributed by atoms with E-state index in [1.807, 2.05) is 18.9 Å². The van der Waals surface area contributed by atoms with Crippen LogP contribution in [0.1, 0.15) is 41.0 Å². The summed E-state index contributed by atoms with van der Waals surface area (Å²) in [6.45, 7) is 10.4. The number of carbonyl (C=O) groups is 1. The Kier molecular flexibility index (Phi) is 5.51. The predicted octanol–water partition coefficient (Wildman–Crippen LogP) is 2.85. The molecule has 0 aromatic carbocycles. The molecule has 0 saturated carbocycles. The molecule has 14 heavy (non-hydrogen) atoms. The first-order chi connectivity index (χ1) is 6.40. The van der Waals surface area contributed by atoms with Crippen molar-refractivity contribution < 1.29 is 4.79 Å². The van der Waals surface area contributed by atoms with Crippen molar-refractivity contribution >= 4 is 5.91 Å². The largest absolute Gasteiger partial charge is 0.339 e. The van der Waals surface area contributed by atoms with E-state index >= 15 is 0 Å². The Labute approximate surface area is 88.0 Å². The minimum atomic E-state index is 0.116. The number of amides is 1. The lowest BCUT2D eigenvalue weighted by atomic mass is 10.0. The van der Waals surface area contributed by atoms with Crippen LogP contribution in [0, 0.1) is 5.92 Å². The van der Waals surface area contributed by atoms with Crippen LogP contribution in [0.15, 0.2) is 11.6 Å². The van der Waals surface area contributed by atoms with Gasteiger partial charge in [0.05, 0.1) is 0 Å². The van der Waals surface area contributed by atoms with Crippen LogP contribution in [-0.2, 0) is 4.79 Å². The third kappa shape index (κ3) is 3.95. The fourth-order valence-corrected chi connectivity index (χ4v) is 1.06. The highest BCUT2D eigenvalue weighted by atomic mass is 16.2. The number of allylic oxidation sites excluding steroid dienone is 1. The monoisotopic (exact) mass is 197 g/mol. The van der Waals surface area contributed by atoms with Gasteiger partial charge in [-0.05, 0) is 26.2 Å². The van der Waals surface area contributed by atoms with E-state index in [0.717, 1.165) is 12.0 Å². The van der Waals surface area contributed by atoms with E-state index in [1.54, 1.807) is 6.08 Å². The summed E-state index contributed by atoms with van der Waals surface area (Å²) >= 11 is 0. The van der Waals surface area contributed by atoms with Crippen molar-refractivity contribution in [3.63, 3.8) is 0 Å². The van der Waals surface area contributed by atoms with Gasteiger partial charge in [0.15, 0.2) is 0 Å². The van der Waals surface area contributed by atoms with Gasteiger partial charge in [-0.25, -0.2) is 0 Å². The molecule has 0 aliphatic carbocycles. The molecule has 2 nitrogen and oxygen atoms in total. The average Bonchev–Trinajstić information content (AvgIpc) is 2.14. The Balaban J connectivity index is 4.40. The highest BCUT2D eigenvalue weighted by molar-refractivity contribution is 5.88. The zero-order valence-electron chi connectivity index (χ0n) is 10.3. The van der Waals surface area contributed by atoms with Crippen molar-refractivity contribution in [2.45, 2.75) is 47.1 Å². The second-order valence-electron chi connectivity index (χ2n) is 4.28. The van der Waals surface area contributed by atoms with Gasteiger partial charge in [0.2, 0.25) is 5.91 Å². The molecule has 0 N–H and O–H groups in total. The lowest BCUT2D eigenvalue weighted by molar-refractivity contribution is -0.127. The number of hydrogen-bond acceptors (Lipinski definition) is 1. The van der Waals surface area contributed by atoms with Gasteiger partial charge in [-0.15, -0.1) is 0 Å². The minimum Gasteiger partial charge on any atom is -0.339 e. The average molecular weight is 197 g/mol. The highest BCUT2D eigenvalue weighted by Crippen LogP contribution is 2.09. The summed E-state index contributed by atoms with van der Waals surface area (Å²) in [5, 5.41) is 0. The molecule has 2 heteroatoms. The Bertz CT molecular complexity index is 218. The molecule has 0 aliphatic heterocycles. The number of carbonyl (C=O) groups excluding carboxylic acids is 1. The summed E-state index contributed by atoms with van der Waals surface area (Å²) in [6, 6.07) is 0.295. The van der Waals surface area contributed by atoms with Gasteiger partial charge in [-0.1, -0.05) is 26.3 Å². The standard InChI is InChI=1S/C12H23NO/c1-7-10(4)8-12(14)13(6)11(5)9(2)3/h8-9,11H,7H2,1-6H3/b10-8+/t11-/m0/s1. The fourth-order valence-electron chi connectivity index (χ4n) is 1.06. The van der Waals surface area contributed by atoms with Gasteiger partial charge < -0.3 is 4.90 Å². The molecule has 0 spiro atoms. The molecule has 0 bridgehead atoms. The van der Waals surface area contributed by atoms with Crippen molar-refractivity contribution in [1.82, 2.24) is 4.90 Å². The topological polar surface area (TPSA) is 20.3 Å². The second kappa shape index (κ2) is 5.84. The van der Waals surface area contributed by atoms with Crippen LogP contribution in [0.4, 0.5) is 0 Å². The zero-order chi connectivity index (χ0) is 11.3. The zero-order valence-corrected chi connectivity index (χ0v) is 10.3. The van der Waals surface area contributed by atoms with Gasteiger partial charge >= 0.3 is 0 Å². The quantitative estimate of drug-likeness (QED) is 0.635. The molecule has 0 unspecified atom stereocenters. The predicted molar refractivity (Wildman–Crippen MR) is 61.1 cm³/mol. The lowest BCUT2D eigenvalue weighted by Gasteiger charge is -2.27. The van der Waals surface area contributed by atoms with E-state index in [2.05, 4.69) is 27.7 Å². The molecule has 1 amide bonds. The SMILES string of the molecule is CC/C(C)=C/C(=O)N(C)[C@@H](C)C(C)C. The van der Waals surface area contributed by atoms with Gasteiger partial charge in [0.25, 0.3) is 0 Å². The molecule has 0 aromatic heterocycles. The van der Waals surface area contributed by atoms with Gasteiger partial charge in [-0.3, -0.25) is 4.79 Å². The van der Waals surface area contributed by atoms with E-state index in [-0.39, 0.29) is 5.91 Å². The Morgan fingerprint density at radius 2 is 1.86 bits per heavy atom. The van der Waals surface area contributed by atoms with Crippen molar-refractivity contribution in [2.24, 2.45) is 5.92 Å². The normalized spacial score (nSPS) is 14.4. The smallest absolute Gasteiger partial charge is 0.246 e. The van der Waals surface area contributed by atoms with Crippen LogP contribution in [0.3, 0.4) is 0 Å². The van der Waals surface area contributed by atoms with E-state index in [9.17, 15) is 4.79 Å². The van der Waals surface area contributed by atoms with E-state index < -0.39 is 0 Å². The second-order valence-corrected chi connectivity index (χ2v) is 4.28. The first kappa shape index (κ1) is 13.2. The summed E-state index contributed by atoms with van der Waals surface area (Å²) in [5.41, 5.74) is 1.14. The van der Waals surface area contributed by atoms with E-state index in [4.69, 9.17) is 0 Å². The molecule has 1 atom stereocenters. The number of hydrogen-bond donors (Lipinski definition) is 0. The summed E-state index contributed by atoms with van der Waals surface area (Å²) in [7, 11) is 1.87.